The topological polar surface area (TPSA) is 68.0 Å². The van der Waals surface area contributed by atoms with Crippen LogP contribution in [0.2, 0.25) is 10.0 Å². The van der Waals surface area contributed by atoms with Crippen LogP contribution < -0.4 is 5.32 Å². The van der Waals surface area contributed by atoms with E-state index in [1.165, 1.54) is 12.1 Å². The summed E-state index contributed by atoms with van der Waals surface area (Å²) in [5.41, 5.74) is 0.981. The fourth-order valence-corrected chi connectivity index (χ4v) is 2.58. The van der Waals surface area contributed by atoms with Crippen molar-refractivity contribution in [3.8, 4) is 11.4 Å². The number of carbonyl (C=O) groups is 1. The van der Waals surface area contributed by atoms with Crippen LogP contribution in [0, 0.1) is 5.82 Å². The molecule has 0 saturated carbocycles. The molecule has 0 saturated heterocycles. The minimum Gasteiger partial charge on any atom is -0.339 e. The van der Waals surface area contributed by atoms with Gasteiger partial charge in [0.05, 0.1) is 10.7 Å². The molecule has 0 radical (unpaired) electrons. The molecule has 0 aliphatic heterocycles. The molecule has 8 heteroatoms. The number of hydrogen-bond acceptors (Lipinski definition) is 4. The van der Waals surface area contributed by atoms with E-state index in [9.17, 15) is 9.18 Å². The minimum absolute atomic E-state index is 0.129. The van der Waals surface area contributed by atoms with Crippen LogP contribution in [0.4, 0.5) is 10.1 Å². The van der Waals surface area contributed by atoms with Crippen molar-refractivity contribution >= 4 is 34.8 Å². The van der Waals surface area contributed by atoms with Crippen LogP contribution in [0.25, 0.3) is 11.4 Å². The normalized spacial score (nSPS) is 10.7. The maximum atomic E-state index is 13.2. The Morgan fingerprint density at radius 1 is 1.20 bits per heavy atom. The van der Waals surface area contributed by atoms with Crippen LogP contribution in [0.3, 0.4) is 0 Å². The highest BCUT2D eigenvalue weighted by molar-refractivity contribution is 6.36. The molecule has 25 heavy (non-hydrogen) atoms. The largest absolute Gasteiger partial charge is 0.339 e. The van der Waals surface area contributed by atoms with Gasteiger partial charge in [-0.3, -0.25) is 4.79 Å². The molecule has 5 nitrogen and oxygen atoms in total. The Balaban J connectivity index is 1.59. The number of nitrogens with zero attached hydrogens (tertiary/aromatic N) is 2. The molecule has 1 amide bonds. The lowest BCUT2D eigenvalue weighted by atomic mass is 10.2. The van der Waals surface area contributed by atoms with Gasteiger partial charge in [-0.2, -0.15) is 4.98 Å². The molecule has 1 heterocycles. The molecule has 0 bridgehead atoms. The van der Waals surface area contributed by atoms with Crippen molar-refractivity contribution in [2.75, 3.05) is 5.32 Å². The van der Waals surface area contributed by atoms with Crippen LogP contribution in [-0.4, -0.2) is 16.0 Å². The molecule has 0 aliphatic carbocycles. The van der Waals surface area contributed by atoms with Gasteiger partial charge in [0, 0.05) is 23.4 Å². The van der Waals surface area contributed by atoms with E-state index < -0.39 is 0 Å². The Labute approximate surface area is 152 Å². The third-order valence-corrected chi connectivity index (χ3v) is 3.87. The first kappa shape index (κ1) is 17.4. The lowest BCUT2D eigenvalue weighted by Crippen LogP contribution is -2.12. The minimum atomic E-state index is -0.386. The van der Waals surface area contributed by atoms with Crippen LogP contribution in [0.1, 0.15) is 12.3 Å². The fourth-order valence-electron chi connectivity index (χ4n) is 2.13. The van der Waals surface area contributed by atoms with Gasteiger partial charge in [-0.25, -0.2) is 4.39 Å². The van der Waals surface area contributed by atoms with E-state index >= 15 is 0 Å². The average molecular weight is 380 g/mol. The van der Waals surface area contributed by atoms with Crippen molar-refractivity contribution in [1.82, 2.24) is 10.1 Å². The molecular formula is C17H12Cl2FN3O2. The molecule has 3 rings (SSSR count). The first-order chi connectivity index (χ1) is 12.0. The van der Waals surface area contributed by atoms with Gasteiger partial charge in [0.25, 0.3) is 0 Å². The first-order valence-corrected chi connectivity index (χ1v) is 8.10. The molecule has 0 spiro atoms. The maximum absolute atomic E-state index is 13.2. The number of halogens is 3. The van der Waals surface area contributed by atoms with Crippen molar-refractivity contribution < 1.29 is 13.7 Å². The summed E-state index contributed by atoms with van der Waals surface area (Å²) in [6, 6.07) is 10.7. The highest BCUT2D eigenvalue weighted by Crippen LogP contribution is 2.25. The molecule has 2 aromatic carbocycles. The Kier molecular flexibility index (Phi) is 5.31. The summed E-state index contributed by atoms with van der Waals surface area (Å²) in [5.74, 6) is -0.0786. The molecular weight excluding hydrogens is 368 g/mol. The lowest BCUT2D eigenvalue weighted by Gasteiger charge is -2.06. The fraction of sp³-hybridized carbons (Fsp3) is 0.118. The molecule has 0 atom stereocenters. The van der Waals surface area contributed by atoms with Gasteiger partial charge >= 0.3 is 0 Å². The third-order valence-electron chi connectivity index (χ3n) is 3.32. The Morgan fingerprint density at radius 2 is 2.04 bits per heavy atom. The van der Waals surface area contributed by atoms with Crippen LogP contribution in [0.5, 0.6) is 0 Å². The van der Waals surface area contributed by atoms with E-state index in [2.05, 4.69) is 15.5 Å². The Bertz CT molecular complexity index is 914. The molecule has 1 aromatic heterocycles. The van der Waals surface area contributed by atoms with Crippen molar-refractivity contribution in [2.45, 2.75) is 12.8 Å². The van der Waals surface area contributed by atoms with Crippen molar-refractivity contribution in [1.29, 1.82) is 0 Å². The second kappa shape index (κ2) is 7.63. The molecule has 3 aromatic rings. The van der Waals surface area contributed by atoms with Crippen LogP contribution in [0.15, 0.2) is 47.0 Å². The number of nitrogens with one attached hydrogen (secondary N) is 1. The SMILES string of the molecule is O=C(CCc1nc(-c2cccc(F)c2)no1)Nc1ccc(Cl)cc1Cl. The number of hydrogen-bond donors (Lipinski definition) is 1. The van der Waals surface area contributed by atoms with Gasteiger partial charge in [0.15, 0.2) is 0 Å². The standard InChI is InChI=1S/C17H12Cl2FN3O2/c18-11-4-5-14(13(19)9-11)21-15(24)6-7-16-22-17(23-25-16)10-2-1-3-12(20)8-10/h1-5,8-9H,6-7H2,(H,21,24). The predicted octanol–water partition coefficient (Wildman–Crippen LogP) is 4.75. The van der Waals surface area contributed by atoms with E-state index in [0.717, 1.165) is 0 Å². The van der Waals surface area contributed by atoms with Crippen molar-refractivity contribution in [3.05, 3.63) is 64.2 Å². The van der Waals surface area contributed by atoms with E-state index in [4.69, 9.17) is 27.7 Å². The summed E-state index contributed by atoms with van der Waals surface area (Å²) in [4.78, 5) is 16.2. The van der Waals surface area contributed by atoms with Crippen molar-refractivity contribution in [3.63, 3.8) is 0 Å². The molecule has 0 aliphatic rings. The number of carbonyl (C=O) groups excluding carboxylic acids is 1. The highest BCUT2D eigenvalue weighted by Gasteiger charge is 2.12. The van der Waals surface area contributed by atoms with E-state index in [-0.39, 0.29) is 36.3 Å². The smallest absolute Gasteiger partial charge is 0.227 e. The number of benzene rings is 2. The van der Waals surface area contributed by atoms with Crippen LogP contribution >= 0.6 is 23.2 Å². The quantitative estimate of drug-likeness (QED) is 0.694. The molecule has 0 unspecified atom stereocenters. The zero-order valence-electron chi connectivity index (χ0n) is 12.8. The van der Waals surface area contributed by atoms with Gasteiger partial charge in [-0.15, -0.1) is 0 Å². The number of aromatic nitrogens is 2. The number of rotatable bonds is 5. The second-order valence-corrected chi connectivity index (χ2v) is 6.04. The molecule has 128 valence electrons. The Morgan fingerprint density at radius 3 is 2.80 bits per heavy atom. The maximum Gasteiger partial charge on any atom is 0.227 e. The van der Waals surface area contributed by atoms with Gasteiger partial charge in [-0.1, -0.05) is 40.5 Å². The third kappa shape index (κ3) is 4.55. The van der Waals surface area contributed by atoms with Crippen LogP contribution in [-0.2, 0) is 11.2 Å². The van der Waals surface area contributed by atoms with Gasteiger partial charge in [0.2, 0.25) is 17.6 Å². The average Bonchev–Trinajstić information content (AvgIpc) is 3.05. The summed E-state index contributed by atoms with van der Waals surface area (Å²) in [5, 5.41) is 7.32. The summed E-state index contributed by atoms with van der Waals surface area (Å²) in [6.45, 7) is 0. The highest BCUT2D eigenvalue weighted by atomic mass is 35.5. The summed E-state index contributed by atoms with van der Waals surface area (Å²) in [7, 11) is 0. The molecule has 1 N–H and O–H groups in total. The van der Waals surface area contributed by atoms with E-state index in [1.807, 2.05) is 0 Å². The number of aryl methyl sites for hydroxylation is 1. The second-order valence-electron chi connectivity index (χ2n) is 5.19. The molecule has 0 fully saturated rings. The van der Waals surface area contributed by atoms with Crippen molar-refractivity contribution in [2.24, 2.45) is 0 Å². The number of anilines is 1. The van der Waals surface area contributed by atoms with Gasteiger partial charge < -0.3 is 9.84 Å². The summed E-state index contributed by atoms with van der Waals surface area (Å²) < 4.78 is 18.3. The number of amides is 1. The van der Waals surface area contributed by atoms with E-state index in [1.54, 1.807) is 30.3 Å². The van der Waals surface area contributed by atoms with Gasteiger partial charge in [-0.05, 0) is 30.3 Å². The van der Waals surface area contributed by atoms with Gasteiger partial charge in [0.1, 0.15) is 5.82 Å². The zero-order chi connectivity index (χ0) is 17.8. The van der Waals surface area contributed by atoms with E-state index in [0.29, 0.717) is 21.3 Å². The monoisotopic (exact) mass is 379 g/mol. The summed E-state index contributed by atoms with van der Waals surface area (Å²) in [6.07, 6.45) is 0.378. The predicted molar refractivity (Wildman–Crippen MR) is 93.1 cm³/mol. The Hall–Kier alpha value is -2.44. The zero-order valence-corrected chi connectivity index (χ0v) is 14.3. The first-order valence-electron chi connectivity index (χ1n) is 7.35. The lowest BCUT2D eigenvalue weighted by molar-refractivity contribution is -0.116. The summed E-state index contributed by atoms with van der Waals surface area (Å²) >= 11 is 11.8.